The van der Waals surface area contributed by atoms with E-state index in [9.17, 15) is 14.4 Å². The van der Waals surface area contributed by atoms with Crippen molar-refractivity contribution in [2.24, 2.45) is 0 Å². The van der Waals surface area contributed by atoms with Crippen molar-refractivity contribution < 1.29 is 28.6 Å². The number of aromatic nitrogens is 12. The molecule has 18 rings (SSSR count). The van der Waals surface area contributed by atoms with Gasteiger partial charge in [-0.15, -0.1) is 0 Å². The molecule has 0 radical (unpaired) electrons. The number of nitrogens with two attached hydrogens (primary N) is 3. The largest absolute Gasteiger partial charge is 0.457 e. The Hall–Kier alpha value is -12.7. The molecule has 6 fully saturated rings. The summed E-state index contributed by atoms with van der Waals surface area (Å²) >= 11 is 0. The fourth-order valence-electron chi connectivity index (χ4n) is 16.9. The summed E-state index contributed by atoms with van der Waals surface area (Å²) in [6.07, 6.45) is 32.9. The molecular weight excluding hydrogens is 1500 g/mol. The van der Waals surface area contributed by atoms with Gasteiger partial charge in [0.15, 0.2) is 16.9 Å². The van der Waals surface area contributed by atoms with Crippen LogP contribution in [0.25, 0.3) is 66.9 Å². The third-order valence-electron chi connectivity index (χ3n) is 23.7. The summed E-state index contributed by atoms with van der Waals surface area (Å²) in [4.78, 5) is 75.6. The molecule has 9 heterocycles. The second kappa shape index (κ2) is 37.7. The highest BCUT2D eigenvalue weighted by Crippen LogP contribution is 2.40. The van der Waals surface area contributed by atoms with E-state index in [2.05, 4.69) is 59.1 Å². The SMILES string of the molecule is CN(C/C=C/C(=O)N1CCC(n2nc(-c3ccc(Oc4ccccc4)cc3)c3c(N)ncnc32)C1)C1CCCC1.CN(C/C=C/C(=O)N1CCCC(n2nc(-c3ccc(Oc4ccccc4)cc3)c3c(N)ncnc32)C1)C1CCC1.Nc1ncnc2c1c(-c1ccc(Oc3ccccc3)cc1)nn2C1CCN(C(=O)/C=C/CNC2CCCC2)C1. The standard InChI is InChI=1S/2C31H35N7O2.C30H33N7O2/c1-36(23-8-5-9-23)18-7-13-27(39)37-19-6-10-24(20-37)38-31-28(30(32)33-21-34-31)29(35-38)22-14-16-26(17-15-22)40-25-11-3-2-4-12-25;1-36(23-8-5-6-9-23)18-7-12-27(39)37-19-17-24(20-37)38-31-28(30(32)33-21-34-31)29(35-38)22-13-15-26(16-14-22)40-25-10-3-2-4-11-25;31-29-27-28(21-12-14-25(15-13-21)39-24-9-2-1-3-10-24)35-37(30(27)34-20-33-29)23-16-18-36(19-23)26(38)11-6-17-32-22-7-4-5-8-22/h2-4,7,11-17,21,23-24H,5-6,8-10,18-20H2,1H3,(H2,32,33,34);2-4,7,10-16,21,23-24H,5-6,8-9,17-20H2,1H3,(H2,32,33,34);1-3,6,9-15,20,22-23,32H,4-5,7-8,16-19H2,(H2,31,33,34)/b13-7+;12-7+;11-6+. The summed E-state index contributed by atoms with van der Waals surface area (Å²) < 4.78 is 23.6. The van der Waals surface area contributed by atoms with E-state index in [0.717, 1.165) is 136 Å². The molecule has 3 aliphatic carbocycles. The molecule has 7 N–H and O–H groups in total. The second-order valence-corrected chi connectivity index (χ2v) is 31.6. The lowest BCUT2D eigenvalue weighted by Gasteiger charge is -2.34. The Morgan fingerprint density at radius 1 is 0.387 bits per heavy atom. The number of hydrogen-bond donors (Lipinski definition) is 4. The highest BCUT2D eigenvalue weighted by Gasteiger charge is 2.34. The highest BCUT2D eigenvalue weighted by atomic mass is 16.5. The molecule has 3 saturated heterocycles. The fourth-order valence-corrected chi connectivity index (χ4v) is 16.9. The molecule has 612 valence electrons. The number of rotatable bonds is 24. The molecule has 3 aliphatic heterocycles. The van der Waals surface area contributed by atoms with Gasteiger partial charge in [0.1, 0.15) is 88.0 Å². The summed E-state index contributed by atoms with van der Waals surface area (Å²) in [6, 6.07) is 54.2. The maximum Gasteiger partial charge on any atom is 0.246 e. The van der Waals surface area contributed by atoms with Crippen LogP contribution in [0.3, 0.4) is 0 Å². The van der Waals surface area contributed by atoms with E-state index >= 15 is 0 Å². The minimum Gasteiger partial charge on any atom is -0.457 e. The third-order valence-corrected chi connectivity index (χ3v) is 23.7. The Balaban J connectivity index is 0.000000133. The van der Waals surface area contributed by atoms with Crippen LogP contribution in [0.2, 0.25) is 0 Å². The summed E-state index contributed by atoms with van der Waals surface area (Å²) in [5, 5.41) is 20.6. The molecule has 6 aliphatic rings. The Morgan fingerprint density at radius 3 is 1.08 bits per heavy atom. The molecule has 3 unspecified atom stereocenters. The number of nitrogens with zero attached hydrogens (tertiary/aromatic N) is 17. The number of piperidine rings is 1. The van der Waals surface area contributed by atoms with E-state index in [0.29, 0.717) is 85.2 Å². The van der Waals surface area contributed by atoms with E-state index < -0.39 is 0 Å². The minimum absolute atomic E-state index is 0.00440. The Morgan fingerprint density at radius 2 is 0.714 bits per heavy atom. The van der Waals surface area contributed by atoms with Crippen LogP contribution in [0.5, 0.6) is 34.5 Å². The number of nitrogen functional groups attached to an aromatic ring is 3. The highest BCUT2D eigenvalue weighted by molar-refractivity contribution is 6.01. The topological polar surface area (TPSA) is 316 Å². The van der Waals surface area contributed by atoms with Gasteiger partial charge < -0.3 is 51.4 Å². The van der Waals surface area contributed by atoms with Crippen molar-refractivity contribution >= 4 is 68.3 Å². The van der Waals surface area contributed by atoms with Gasteiger partial charge in [0.05, 0.1) is 34.3 Å². The number of para-hydroxylation sites is 3. The van der Waals surface area contributed by atoms with Crippen LogP contribution in [-0.4, -0.2) is 193 Å². The lowest BCUT2D eigenvalue weighted by atomic mass is 9.92. The number of hydrogen-bond acceptors (Lipinski definition) is 21. The van der Waals surface area contributed by atoms with E-state index in [1.807, 2.05) is 211 Å². The summed E-state index contributed by atoms with van der Waals surface area (Å²) in [7, 11) is 4.28. The number of anilines is 3. The smallest absolute Gasteiger partial charge is 0.246 e. The quantitative estimate of drug-likeness (QED) is 0.0408. The normalized spacial score (nSPS) is 17.9. The van der Waals surface area contributed by atoms with Crippen molar-refractivity contribution in [2.45, 2.75) is 133 Å². The van der Waals surface area contributed by atoms with Crippen LogP contribution in [-0.2, 0) is 14.4 Å². The fraction of sp³-hybridized carbons (Fsp3) is 0.348. The van der Waals surface area contributed by atoms with E-state index in [4.69, 9.17) is 46.7 Å². The Kier molecular flexibility index (Phi) is 25.4. The van der Waals surface area contributed by atoms with Crippen LogP contribution in [0.15, 0.2) is 219 Å². The van der Waals surface area contributed by atoms with Gasteiger partial charge in [0, 0.05) is 112 Å². The zero-order valence-corrected chi connectivity index (χ0v) is 67.5. The minimum atomic E-state index is -0.00464. The molecule has 0 bridgehead atoms. The first kappa shape index (κ1) is 80.1. The van der Waals surface area contributed by atoms with Crippen LogP contribution < -0.4 is 36.7 Å². The first-order valence-corrected chi connectivity index (χ1v) is 41.7. The Labute approximate surface area is 692 Å². The number of carbonyl (C=O) groups excluding carboxylic acids is 3. The number of likely N-dealkylation sites (tertiary alicyclic amines) is 3. The van der Waals surface area contributed by atoms with Gasteiger partial charge in [0.25, 0.3) is 0 Å². The third kappa shape index (κ3) is 19.1. The number of benzene rings is 6. The summed E-state index contributed by atoms with van der Waals surface area (Å²) in [5.41, 5.74) is 25.9. The number of nitrogens with one attached hydrogen (secondary N) is 1. The number of fused-ring (bicyclic) bond motifs is 3. The molecule has 6 aromatic heterocycles. The van der Waals surface area contributed by atoms with Crippen molar-refractivity contribution in [2.75, 3.05) is 90.2 Å². The number of amides is 3. The molecule has 12 aromatic rings. The van der Waals surface area contributed by atoms with E-state index in [-0.39, 0.29) is 35.8 Å². The molecule has 27 heteroatoms. The van der Waals surface area contributed by atoms with Crippen LogP contribution in [0.4, 0.5) is 17.5 Å². The van der Waals surface area contributed by atoms with Crippen LogP contribution in [0.1, 0.15) is 114 Å². The predicted octanol–water partition coefficient (Wildman–Crippen LogP) is 14.9. The lowest BCUT2D eigenvalue weighted by Crippen LogP contribution is -2.40. The van der Waals surface area contributed by atoms with Crippen molar-refractivity contribution in [3.05, 3.63) is 219 Å². The number of ether oxygens (including phenoxy) is 3. The first-order valence-electron chi connectivity index (χ1n) is 41.7. The molecule has 3 atom stereocenters. The predicted molar refractivity (Wildman–Crippen MR) is 463 cm³/mol. The Bertz CT molecular complexity index is 5530. The van der Waals surface area contributed by atoms with Crippen molar-refractivity contribution in [3.63, 3.8) is 0 Å². The molecule has 3 saturated carbocycles. The zero-order valence-electron chi connectivity index (χ0n) is 67.5. The summed E-state index contributed by atoms with van der Waals surface area (Å²) in [5.74, 6) is 5.81. The maximum atomic E-state index is 13.1. The average Bonchev–Trinajstić information content (AvgIpc) is 1.62. The lowest BCUT2D eigenvalue weighted by molar-refractivity contribution is -0.128. The van der Waals surface area contributed by atoms with E-state index in [1.54, 1.807) is 18.2 Å². The van der Waals surface area contributed by atoms with Crippen LogP contribution >= 0.6 is 0 Å². The summed E-state index contributed by atoms with van der Waals surface area (Å²) in [6.45, 7) is 6.14. The van der Waals surface area contributed by atoms with Gasteiger partial charge in [-0.05, 0) is 187 Å². The maximum absolute atomic E-state index is 13.1. The molecular formula is C92H103N21O6. The monoisotopic (exact) mass is 1600 g/mol. The van der Waals surface area contributed by atoms with Crippen molar-refractivity contribution in [1.82, 2.24) is 89.1 Å². The zero-order chi connectivity index (χ0) is 81.6. The molecule has 119 heavy (non-hydrogen) atoms. The van der Waals surface area contributed by atoms with Gasteiger partial charge >= 0.3 is 0 Å². The first-order chi connectivity index (χ1) is 58.3. The van der Waals surface area contributed by atoms with Gasteiger partial charge in [-0.2, -0.15) is 15.3 Å². The van der Waals surface area contributed by atoms with Gasteiger partial charge in [0.2, 0.25) is 17.7 Å². The second-order valence-electron chi connectivity index (χ2n) is 31.6. The van der Waals surface area contributed by atoms with Crippen molar-refractivity contribution in [3.8, 4) is 68.3 Å². The molecule has 27 nitrogen and oxygen atoms in total. The van der Waals surface area contributed by atoms with E-state index in [1.165, 1.54) is 89.6 Å². The average molecular weight is 1600 g/mol. The molecule has 6 aromatic carbocycles. The van der Waals surface area contributed by atoms with Crippen LogP contribution in [0, 0.1) is 0 Å². The molecule has 0 spiro atoms. The van der Waals surface area contributed by atoms with Gasteiger partial charge in [-0.1, -0.05) is 105 Å². The number of carbonyl (C=O) groups is 3. The van der Waals surface area contributed by atoms with Gasteiger partial charge in [-0.25, -0.2) is 43.9 Å². The van der Waals surface area contributed by atoms with Gasteiger partial charge in [-0.3, -0.25) is 24.2 Å². The van der Waals surface area contributed by atoms with Crippen molar-refractivity contribution in [1.29, 1.82) is 0 Å². The molecule has 3 amide bonds. The number of likely N-dealkylation sites (N-methyl/N-ethyl adjacent to an activating group) is 2.